The van der Waals surface area contributed by atoms with Gasteiger partial charge >= 0.3 is 5.97 Å². The van der Waals surface area contributed by atoms with Crippen LogP contribution in [0.5, 0.6) is 0 Å². The molecular formula is C19H30O2. The normalized spacial score (nSPS) is 12.0. The smallest absolute Gasteiger partial charge is 0.328 e. The Morgan fingerprint density at radius 1 is 0.857 bits per heavy atom. The molecule has 0 unspecified atom stereocenters. The third-order valence-corrected chi connectivity index (χ3v) is 3.15. The van der Waals surface area contributed by atoms with Crippen molar-refractivity contribution in [2.45, 2.75) is 66.7 Å². The van der Waals surface area contributed by atoms with E-state index in [9.17, 15) is 4.79 Å². The Labute approximate surface area is 130 Å². The maximum atomic E-state index is 10.8. The lowest BCUT2D eigenvalue weighted by Gasteiger charge is -2.04. The molecule has 0 aromatic heterocycles. The largest absolute Gasteiger partial charge is 0.478 e. The maximum absolute atomic E-state index is 10.8. The molecule has 2 nitrogen and oxygen atoms in total. The first-order chi connectivity index (χ1) is 9.81. The average molecular weight is 290 g/mol. The van der Waals surface area contributed by atoms with Crippen LogP contribution in [0.2, 0.25) is 0 Å². The van der Waals surface area contributed by atoms with Gasteiger partial charge in [-0.1, -0.05) is 40.5 Å². The monoisotopic (exact) mass is 290 g/mol. The second kappa shape index (κ2) is 11.1. The van der Waals surface area contributed by atoms with E-state index < -0.39 is 5.97 Å². The number of hydrogen-bond donors (Lipinski definition) is 1. The molecule has 0 atom stereocenters. The zero-order valence-electron chi connectivity index (χ0n) is 14.2. The van der Waals surface area contributed by atoms with Crippen LogP contribution in [0.4, 0.5) is 0 Å². The van der Waals surface area contributed by atoms with Gasteiger partial charge in [-0.05, 0) is 66.7 Å². The molecule has 0 rings (SSSR count). The third-order valence-electron chi connectivity index (χ3n) is 3.15. The van der Waals surface area contributed by atoms with Gasteiger partial charge in [-0.3, -0.25) is 0 Å². The van der Waals surface area contributed by atoms with Crippen molar-refractivity contribution in [1.29, 1.82) is 0 Å². The Bertz CT molecular complexity index is 440. The molecule has 0 aliphatic heterocycles. The summed E-state index contributed by atoms with van der Waals surface area (Å²) in [4.78, 5) is 10.8. The summed E-state index contributed by atoms with van der Waals surface area (Å²) in [7, 11) is 0. The Morgan fingerprint density at radius 3 is 1.95 bits per heavy atom. The van der Waals surface area contributed by atoms with Gasteiger partial charge in [-0.25, -0.2) is 4.79 Å². The summed E-state index contributed by atoms with van der Waals surface area (Å²) in [5, 5.41) is 8.91. The SMILES string of the molecule is CC(C)=CCCC(C)=CCCC(=CC(=O)O)CC=C(C)C. The molecule has 0 saturated heterocycles. The molecule has 0 aliphatic rings. The number of carbonyl (C=O) groups is 1. The number of hydrogen-bond acceptors (Lipinski definition) is 1. The molecule has 0 radical (unpaired) electrons. The van der Waals surface area contributed by atoms with E-state index in [1.807, 2.05) is 13.8 Å². The number of allylic oxidation sites excluding steroid dienone is 7. The fraction of sp³-hybridized carbons (Fsp3) is 0.526. The van der Waals surface area contributed by atoms with E-state index >= 15 is 0 Å². The van der Waals surface area contributed by atoms with Crippen LogP contribution in [0.3, 0.4) is 0 Å². The second-order valence-corrected chi connectivity index (χ2v) is 6.04. The summed E-state index contributed by atoms with van der Waals surface area (Å²) >= 11 is 0. The molecular weight excluding hydrogens is 260 g/mol. The zero-order valence-corrected chi connectivity index (χ0v) is 14.2. The topological polar surface area (TPSA) is 37.3 Å². The highest BCUT2D eigenvalue weighted by Crippen LogP contribution is 2.15. The van der Waals surface area contributed by atoms with Crippen molar-refractivity contribution < 1.29 is 9.90 Å². The molecule has 0 amide bonds. The van der Waals surface area contributed by atoms with Gasteiger partial charge in [0.15, 0.2) is 0 Å². The van der Waals surface area contributed by atoms with Crippen LogP contribution < -0.4 is 0 Å². The van der Waals surface area contributed by atoms with Gasteiger partial charge in [0, 0.05) is 6.08 Å². The molecule has 0 aromatic rings. The zero-order chi connectivity index (χ0) is 16.3. The van der Waals surface area contributed by atoms with E-state index in [1.165, 1.54) is 22.8 Å². The highest BCUT2D eigenvalue weighted by atomic mass is 16.4. The third kappa shape index (κ3) is 13.2. The molecule has 0 heterocycles. The van der Waals surface area contributed by atoms with Crippen molar-refractivity contribution in [3.8, 4) is 0 Å². The fourth-order valence-corrected chi connectivity index (χ4v) is 1.94. The van der Waals surface area contributed by atoms with Gasteiger partial charge in [-0.2, -0.15) is 0 Å². The van der Waals surface area contributed by atoms with Gasteiger partial charge in [0.05, 0.1) is 0 Å². The van der Waals surface area contributed by atoms with E-state index in [0.29, 0.717) is 0 Å². The van der Waals surface area contributed by atoms with Crippen LogP contribution in [0, 0.1) is 0 Å². The van der Waals surface area contributed by atoms with Crippen LogP contribution in [-0.4, -0.2) is 11.1 Å². The van der Waals surface area contributed by atoms with Crippen LogP contribution in [0.15, 0.2) is 46.6 Å². The molecule has 0 aliphatic carbocycles. The van der Waals surface area contributed by atoms with Gasteiger partial charge in [-0.15, -0.1) is 0 Å². The molecule has 1 N–H and O–H groups in total. The van der Waals surface area contributed by atoms with Crippen molar-refractivity contribution in [2.75, 3.05) is 0 Å². The summed E-state index contributed by atoms with van der Waals surface area (Å²) in [5.41, 5.74) is 4.94. The van der Waals surface area contributed by atoms with E-state index in [2.05, 4.69) is 39.0 Å². The lowest BCUT2D eigenvalue weighted by molar-refractivity contribution is -0.131. The Morgan fingerprint density at radius 2 is 1.43 bits per heavy atom. The quantitative estimate of drug-likeness (QED) is 0.428. The summed E-state index contributed by atoms with van der Waals surface area (Å²) in [5.74, 6) is -0.851. The van der Waals surface area contributed by atoms with Gasteiger partial charge < -0.3 is 5.11 Å². The number of aliphatic carboxylic acids is 1. The highest BCUT2D eigenvalue weighted by molar-refractivity contribution is 5.80. The summed E-state index contributed by atoms with van der Waals surface area (Å²) in [6.07, 6.45) is 12.5. The van der Waals surface area contributed by atoms with Crippen LogP contribution in [-0.2, 0) is 4.79 Å². The highest BCUT2D eigenvalue weighted by Gasteiger charge is 1.99. The molecule has 0 bridgehead atoms. The molecule has 118 valence electrons. The fourth-order valence-electron chi connectivity index (χ4n) is 1.94. The van der Waals surface area contributed by atoms with Gasteiger partial charge in [0.2, 0.25) is 0 Å². The summed E-state index contributed by atoms with van der Waals surface area (Å²) in [6.45, 7) is 10.4. The summed E-state index contributed by atoms with van der Waals surface area (Å²) < 4.78 is 0. The number of rotatable bonds is 9. The lowest BCUT2D eigenvalue weighted by atomic mass is 10.0. The summed E-state index contributed by atoms with van der Waals surface area (Å²) in [6, 6.07) is 0. The van der Waals surface area contributed by atoms with Crippen LogP contribution in [0.1, 0.15) is 66.7 Å². The van der Waals surface area contributed by atoms with Crippen molar-refractivity contribution in [3.05, 3.63) is 46.6 Å². The molecule has 0 spiro atoms. The van der Waals surface area contributed by atoms with Crippen LogP contribution in [0.25, 0.3) is 0 Å². The van der Waals surface area contributed by atoms with Crippen molar-refractivity contribution >= 4 is 5.97 Å². The van der Waals surface area contributed by atoms with E-state index in [0.717, 1.165) is 37.7 Å². The van der Waals surface area contributed by atoms with E-state index in [4.69, 9.17) is 5.11 Å². The Hall–Kier alpha value is -1.57. The van der Waals surface area contributed by atoms with Crippen molar-refractivity contribution in [2.24, 2.45) is 0 Å². The first kappa shape index (κ1) is 19.4. The molecule has 0 fully saturated rings. The lowest BCUT2D eigenvalue weighted by Crippen LogP contribution is -1.93. The minimum Gasteiger partial charge on any atom is -0.478 e. The molecule has 21 heavy (non-hydrogen) atoms. The Kier molecular flexibility index (Phi) is 10.3. The second-order valence-electron chi connectivity index (χ2n) is 6.04. The number of carboxylic acids is 1. The van der Waals surface area contributed by atoms with Crippen molar-refractivity contribution in [3.63, 3.8) is 0 Å². The van der Waals surface area contributed by atoms with Gasteiger partial charge in [0.1, 0.15) is 0 Å². The predicted molar refractivity (Wildman–Crippen MR) is 91.4 cm³/mol. The van der Waals surface area contributed by atoms with E-state index in [1.54, 1.807) is 0 Å². The standard InChI is InChI=1S/C19H30O2/c1-15(2)8-6-9-17(5)10-7-11-18(14-19(20)21)13-12-16(3)4/h8,10,12,14H,6-7,9,11,13H2,1-5H3,(H,20,21). The molecule has 0 aromatic carbocycles. The van der Waals surface area contributed by atoms with E-state index in [-0.39, 0.29) is 0 Å². The van der Waals surface area contributed by atoms with Gasteiger partial charge in [0.25, 0.3) is 0 Å². The number of carboxylic acid groups (broad SMARTS) is 1. The minimum atomic E-state index is -0.851. The average Bonchev–Trinajstić information content (AvgIpc) is 2.34. The predicted octanol–water partition coefficient (Wildman–Crippen LogP) is 5.83. The first-order valence-electron chi connectivity index (χ1n) is 7.66. The maximum Gasteiger partial charge on any atom is 0.328 e. The minimum absolute atomic E-state index is 0.735. The Balaban J connectivity index is 4.38. The van der Waals surface area contributed by atoms with Crippen LogP contribution >= 0.6 is 0 Å². The van der Waals surface area contributed by atoms with Crippen molar-refractivity contribution in [1.82, 2.24) is 0 Å². The molecule has 0 saturated carbocycles. The molecule has 2 heteroatoms. The first-order valence-corrected chi connectivity index (χ1v) is 7.66.